The molecule has 7 heteroatoms. The summed E-state index contributed by atoms with van der Waals surface area (Å²) in [6.07, 6.45) is 2.73. The van der Waals surface area contributed by atoms with Crippen LogP contribution in [0.3, 0.4) is 0 Å². The monoisotopic (exact) mass is 408 g/mol. The van der Waals surface area contributed by atoms with Crippen LogP contribution in [0.1, 0.15) is 12.5 Å². The number of aromatic nitrogens is 1. The number of halogens is 2. The number of rotatable bonds is 5. The Morgan fingerprint density at radius 3 is 2.88 bits per heavy atom. The number of carbonyl (C=O) groups excluding carboxylic acids is 1. The molecular formula is C17H14BrClN2O3. The fourth-order valence-electron chi connectivity index (χ4n) is 1.82. The fourth-order valence-corrected chi connectivity index (χ4v) is 2.42. The molecular weight excluding hydrogens is 396 g/mol. The molecule has 0 fully saturated rings. The molecule has 0 saturated carbocycles. The highest BCUT2D eigenvalue weighted by atomic mass is 79.9. The zero-order chi connectivity index (χ0) is 17.5. The number of benzene rings is 1. The minimum Gasteiger partial charge on any atom is -0.506 e. The van der Waals surface area contributed by atoms with E-state index in [1.54, 1.807) is 31.2 Å². The summed E-state index contributed by atoms with van der Waals surface area (Å²) in [4.78, 5) is 20.2. The van der Waals surface area contributed by atoms with Crippen molar-refractivity contribution < 1.29 is 14.6 Å². The molecule has 24 heavy (non-hydrogen) atoms. The number of hydrogen-bond donors (Lipinski definition) is 1. The van der Waals surface area contributed by atoms with Crippen LogP contribution in [0.25, 0.3) is 5.76 Å². The van der Waals surface area contributed by atoms with Gasteiger partial charge in [0.25, 0.3) is 0 Å². The predicted octanol–water partition coefficient (Wildman–Crippen LogP) is 4.73. The van der Waals surface area contributed by atoms with E-state index >= 15 is 0 Å². The van der Waals surface area contributed by atoms with Crippen molar-refractivity contribution >= 4 is 51.2 Å². The van der Waals surface area contributed by atoms with Gasteiger partial charge >= 0.3 is 5.97 Å². The Kier molecular flexibility index (Phi) is 6.52. The minimum absolute atomic E-state index is 0.0765. The summed E-state index contributed by atoms with van der Waals surface area (Å²) in [7, 11) is 0. The van der Waals surface area contributed by atoms with Crippen molar-refractivity contribution in [3.05, 3.63) is 63.4 Å². The van der Waals surface area contributed by atoms with Crippen LogP contribution in [0.4, 0.5) is 5.69 Å². The van der Waals surface area contributed by atoms with Crippen molar-refractivity contribution in [1.29, 1.82) is 0 Å². The van der Waals surface area contributed by atoms with Gasteiger partial charge in [-0.05, 0) is 37.3 Å². The highest BCUT2D eigenvalue weighted by molar-refractivity contribution is 9.10. The molecule has 0 aliphatic rings. The van der Waals surface area contributed by atoms with Crippen LogP contribution < -0.4 is 0 Å². The largest absolute Gasteiger partial charge is 0.506 e. The SMILES string of the molecule is CCOC(=O)/C(C=Nc1cccc(Br)c1)=C(\O)c1cccnc1Cl. The average Bonchev–Trinajstić information content (AvgIpc) is 2.55. The zero-order valence-electron chi connectivity index (χ0n) is 12.7. The van der Waals surface area contributed by atoms with Crippen molar-refractivity contribution in [3.63, 3.8) is 0 Å². The number of aliphatic hydroxyl groups excluding tert-OH is 1. The van der Waals surface area contributed by atoms with Gasteiger partial charge in [-0.3, -0.25) is 4.99 Å². The molecule has 0 spiro atoms. The molecule has 1 aromatic carbocycles. The van der Waals surface area contributed by atoms with E-state index in [0.29, 0.717) is 5.69 Å². The van der Waals surface area contributed by atoms with Crippen LogP contribution in [0.5, 0.6) is 0 Å². The molecule has 124 valence electrons. The average molecular weight is 410 g/mol. The summed E-state index contributed by atoms with van der Waals surface area (Å²) in [5, 5.41) is 10.5. The fraction of sp³-hybridized carbons (Fsp3) is 0.118. The minimum atomic E-state index is -0.700. The number of ether oxygens (including phenoxy) is 1. The van der Waals surface area contributed by atoms with Crippen LogP contribution in [0, 0.1) is 0 Å². The lowest BCUT2D eigenvalue weighted by Gasteiger charge is -2.07. The van der Waals surface area contributed by atoms with E-state index in [4.69, 9.17) is 16.3 Å². The van der Waals surface area contributed by atoms with Gasteiger partial charge in [0.1, 0.15) is 16.5 Å². The Morgan fingerprint density at radius 1 is 1.42 bits per heavy atom. The summed E-state index contributed by atoms with van der Waals surface area (Å²) < 4.78 is 5.82. The van der Waals surface area contributed by atoms with E-state index in [1.807, 2.05) is 12.1 Å². The number of carbonyl (C=O) groups is 1. The molecule has 0 amide bonds. The number of aliphatic imine (C=N–C) groups is 1. The second-order valence-electron chi connectivity index (χ2n) is 4.56. The quantitative estimate of drug-likeness (QED) is 0.255. The first kappa shape index (κ1) is 18.2. The van der Waals surface area contributed by atoms with E-state index < -0.39 is 5.97 Å². The van der Waals surface area contributed by atoms with Crippen LogP contribution >= 0.6 is 27.5 Å². The maximum Gasteiger partial charge on any atom is 0.343 e. The van der Waals surface area contributed by atoms with Gasteiger partial charge < -0.3 is 9.84 Å². The molecule has 5 nitrogen and oxygen atoms in total. The Balaban J connectivity index is 2.47. The van der Waals surface area contributed by atoms with Gasteiger partial charge in [-0.2, -0.15) is 0 Å². The van der Waals surface area contributed by atoms with E-state index in [0.717, 1.165) is 4.47 Å². The number of aliphatic hydroxyl groups is 1. The highest BCUT2D eigenvalue weighted by Crippen LogP contribution is 2.23. The second-order valence-corrected chi connectivity index (χ2v) is 5.84. The molecule has 0 bridgehead atoms. The van der Waals surface area contributed by atoms with Gasteiger partial charge in [-0.25, -0.2) is 9.78 Å². The first-order valence-corrected chi connectivity index (χ1v) is 8.21. The van der Waals surface area contributed by atoms with E-state index in [2.05, 4.69) is 25.9 Å². The second kappa shape index (κ2) is 8.61. The normalized spacial score (nSPS) is 12.1. The maximum absolute atomic E-state index is 12.2. The van der Waals surface area contributed by atoms with E-state index in [9.17, 15) is 9.90 Å². The van der Waals surface area contributed by atoms with Gasteiger partial charge in [-0.15, -0.1) is 0 Å². The number of nitrogens with zero attached hydrogens (tertiary/aromatic N) is 2. The van der Waals surface area contributed by atoms with Crippen LogP contribution in [-0.2, 0) is 9.53 Å². The lowest BCUT2D eigenvalue weighted by molar-refractivity contribution is -0.137. The summed E-state index contributed by atoms with van der Waals surface area (Å²) in [6, 6.07) is 10.4. The van der Waals surface area contributed by atoms with E-state index in [1.165, 1.54) is 12.4 Å². The zero-order valence-corrected chi connectivity index (χ0v) is 15.1. The molecule has 1 heterocycles. The summed E-state index contributed by atoms with van der Waals surface area (Å²) in [5.74, 6) is -1.04. The Morgan fingerprint density at radius 2 is 2.21 bits per heavy atom. The Labute approximate surface area is 152 Å². The molecule has 0 atom stereocenters. The van der Waals surface area contributed by atoms with Crippen LogP contribution in [0.15, 0.2) is 57.6 Å². The van der Waals surface area contributed by atoms with E-state index in [-0.39, 0.29) is 28.7 Å². The highest BCUT2D eigenvalue weighted by Gasteiger charge is 2.18. The van der Waals surface area contributed by atoms with Crippen molar-refractivity contribution in [2.75, 3.05) is 6.61 Å². The topological polar surface area (TPSA) is 71.8 Å². The third kappa shape index (κ3) is 4.66. The standard InChI is InChI=1S/C17H14BrClN2O3/c1-2-24-17(23)14(10-21-12-6-3-5-11(18)9-12)15(22)13-7-4-8-20-16(13)19/h3-10,22H,2H2,1H3/b15-14-,21-10?. The van der Waals surface area contributed by atoms with Crippen LogP contribution in [0.2, 0.25) is 5.15 Å². The first-order valence-electron chi connectivity index (χ1n) is 7.03. The Hall–Kier alpha value is -2.18. The summed E-state index contributed by atoms with van der Waals surface area (Å²) in [5.41, 5.74) is 0.728. The van der Waals surface area contributed by atoms with Crippen LogP contribution in [-0.4, -0.2) is 28.9 Å². The van der Waals surface area contributed by atoms with Crippen molar-refractivity contribution in [1.82, 2.24) is 4.98 Å². The summed E-state index contributed by atoms with van der Waals surface area (Å²) >= 11 is 9.32. The third-order valence-electron chi connectivity index (χ3n) is 2.92. The lowest BCUT2D eigenvalue weighted by atomic mass is 10.1. The molecule has 0 aliphatic heterocycles. The molecule has 2 aromatic rings. The smallest absolute Gasteiger partial charge is 0.343 e. The summed E-state index contributed by atoms with van der Waals surface area (Å²) in [6.45, 7) is 1.84. The Bertz CT molecular complexity index is 806. The molecule has 1 N–H and O–H groups in total. The first-order chi connectivity index (χ1) is 11.5. The lowest BCUT2D eigenvalue weighted by Crippen LogP contribution is -2.11. The van der Waals surface area contributed by atoms with Gasteiger partial charge in [0, 0.05) is 16.9 Å². The maximum atomic E-state index is 12.2. The van der Waals surface area contributed by atoms with Gasteiger partial charge in [0.05, 0.1) is 17.9 Å². The molecule has 1 aromatic heterocycles. The van der Waals surface area contributed by atoms with Crippen molar-refractivity contribution in [2.45, 2.75) is 6.92 Å². The molecule has 2 rings (SSSR count). The molecule has 0 radical (unpaired) electrons. The molecule has 0 aliphatic carbocycles. The van der Waals surface area contributed by atoms with Crippen molar-refractivity contribution in [3.8, 4) is 0 Å². The van der Waals surface area contributed by atoms with Gasteiger partial charge in [0.2, 0.25) is 0 Å². The predicted molar refractivity (Wildman–Crippen MR) is 97.7 cm³/mol. The number of esters is 1. The molecule has 0 saturated heterocycles. The van der Waals surface area contributed by atoms with Gasteiger partial charge in [-0.1, -0.05) is 33.6 Å². The number of hydrogen-bond acceptors (Lipinski definition) is 5. The van der Waals surface area contributed by atoms with Crippen molar-refractivity contribution in [2.24, 2.45) is 4.99 Å². The van der Waals surface area contributed by atoms with Gasteiger partial charge in [0.15, 0.2) is 0 Å². The number of pyridine rings is 1. The molecule has 0 unspecified atom stereocenters. The third-order valence-corrected chi connectivity index (χ3v) is 3.71.